The summed E-state index contributed by atoms with van der Waals surface area (Å²) in [6.07, 6.45) is 0.935. The topological polar surface area (TPSA) is 39.7 Å². The summed E-state index contributed by atoms with van der Waals surface area (Å²) >= 11 is 0. The predicted molar refractivity (Wildman–Crippen MR) is 88.0 cm³/mol. The van der Waals surface area contributed by atoms with Crippen molar-refractivity contribution in [3.8, 4) is 17.2 Å². The van der Waals surface area contributed by atoms with Crippen LogP contribution in [0.5, 0.6) is 17.2 Å². The van der Waals surface area contributed by atoms with E-state index in [2.05, 4.69) is 17.4 Å². The Balaban J connectivity index is 1.83. The smallest absolute Gasteiger partial charge is 0.160 e. The molecule has 0 amide bonds. The highest BCUT2D eigenvalue weighted by molar-refractivity contribution is 5.42. The maximum absolute atomic E-state index is 5.32. The van der Waals surface area contributed by atoms with Crippen molar-refractivity contribution in [2.75, 3.05) is 27.9 Å². The molecule has 2 aromatic rings. The minimum absolute atomic E-state index is 0.760. The maximum Gasteiger partial charge on any atom is 0.160 e. The van der Waals surface area contributed by atoms with Crippen LogP contribution in [0, 0.1) is 0 Å². The van der Waals surface area contributed by atoms with Gasteiger partial charge in [-0.25, -0.2) is 0 Å². The molecule has 0 atom stereocenters. The summed E-state index contributed by atoms with van der Waals surface area (Å²) in [5, 5.41) is 3.44. The first-order valence-corrected chi connectivity index (χ1v) is 7.31. The fourth-order valence-electron chi connectivity index (χ4n) is 2.28. The van der Waals surface area contributed by atoms with E-state index in [0.29, 0.717) is 0 Å². The van der Waals surface area contributed by atoms with Crippen LogP contribution in [0.3, 0.4) is 0 Å². The minimum Gasteiger partial charge on any atom is -0.497 e. The first-order valence-electron chi connectivity index (χ1n) is 7.31. The molecule has 2 aromatic carbocycles. The summed E-state index contributed by atoms with van der Waals surface area (Å²) in [6.45, 7) is 1.72. The zero-order chi connectivity index (χ0) is 15.8. The summed E-state index contributed by atoms with van der Waals surface area (Å²) in [6, 6.07) is 14.1. The summed E-state index contributed by atoms with van der Waals surface area (Å²) < 4.78 is 15.8. The van der Waals surface area contributed by atoms with Crippen LogP contribution in [0.2, 0.25) is 0 Å². The van der Waals surface area contributed by atoms with Gasteiger partial charge in [-0.2, -0.15) is 0 Å². The Morgan fingerprint density at radius 3 is 2.36 bits per heavy atom. The van der Waals surface area contributed by atoms with E-state index in [1.165, 1.54) is 11.1 Å². The van der Waals surface area contributed by atoms with Gasteiger partial charge in [0, 0.05) is 6.54 Å². The van der Waals surface area contributed by atoms with Gasteiger partial charge in [0.2, 0.25) is 0 Å². The van der Waals surface area contributed by atoms with Gasteiger partial charge < -0.3 is 19.5 Å². The molecule has 4 nitrogen and oxygen atoms in total. The number of rotatable bonds is 8. The Morgan fingerprint density at radius 2 is 1.64 bits per heavy atom. The average molecular weight is 301 g/mol. The van der Waals surface area contributed by atoms with Crippen molar-refractivity contribution in [1.29, 1.82) is 0 Å². The molecule has 1 N–H and O–H groups in total. The molecule has 22 heavy (non-hydrogen) atoms. The van der Waals surface area contributed by atoms with Gasteiger partial charge in [-0.15, -0.1) is 0 Å². The number of methoxy groups -OCH3 is 3. The Hall–Kier alpha value is -2.20. The third-order valence-electron chi connectivity index (χ3n) is 3.50. The maximum atomic E-state index is 5.32. The summed E-state index contributed by atoms with van der Waals surface area (Å²) in [4.78, 5) is 0. The highest BCUT2D eigenvalue weighted by atomic mass is 16.5. The van der Waals surface area contributed by atoms with Crippen LogP contribution >= 0.6 is 0 Å². The molecule has 0 aliphatic rings. The lowest BCUT2D eigenvalue weighted by Crippen LogP contribution is -2.16. The fourth-order valence-corrected chi connectivity index (χ4v) is 2.28. The van der Waals surface area contributed by atoms with Crippen molar-refractivity contribution in [1.82, 2.24) is 5.32 Å². The van der Waals surface area contributed by atoms with E-state index in [4.69, 9.17) is 14.2 Å². The van der Waals surface area contributed by atoms with Gasteiger partial charge in [-0.05, 0) is 48.4 Å². The lowest BCUT2D eigenvalue weighted by molar-refractivity contribution is 0.354. The van der Waals surface area contributed by atoms with Crippen LogP contribution in [0.15, 0.2) is 42.5 Å². The van der Waals surface area contributed by atoms with Crippen LogP contribution in [0.1, 0.15) is 11.1 Å². The van der Waals surface area contributed by atoms with Crippen molar-refractivity contribution in [2.24, 2.45) is 0 Å². The highest BCUT2D eigenvalue weighted by Gasteiger charge is 2.04. The van der Waals surface area contributed by atoms with E-state index in [9.17, 15) is 0 Å². The van der Waals surface area contributed by atoms with Crippen LogP contribution < -0.4 is 19.5 Å². The molecule has 0 spiro atoms. The van der Waals surface area contributed by atoms with Crippen LogP contribution in [-0.2, 0) is 13.0 Å². The van der Waals surface area contributed by atoms with E-state index >= 15 is 0 Å². The number of nitrogens with one attached hydrogen (secondary N) is 1. The Kier molecular flexibility index (Phi) is 6.10. The molecule has 0 aliphatic carbocycles. The molecule has 0 aliphatic heterocycles. The summed E-state index contributed by atoms with van der Waals surface area (Å²) in [7, 11) is 4.99. The quantitative estimate of drug-likeness (QED) is 0.761. The van der Waals surface area contributed by atoms with Crippen LogP contribution in [0.4, 0.5) is 0 Å². The molecule has 0 saturated heterocycles. The van der Waals surface area contributed by atoms with Crippen molar-refractivity contribution >= 4 is 0 Å². The summed E-state index contributed by atoms with van der Waals surface area (Å²) in [5.41, 5.74) is 2.43. The monoisotopic (exact) mass is 301 g/mol. The molecule has 0 saturated carbocycles. The van der Waals surface area contributed by atoms with E-state index in [1.807, 2.05) is 30.3 Å². The summed E-state index contributed by atoms with van der Waals surface area (Å²) in [5.74, 6) is 2.42. The standard InChI is InChI=1S/C18H23NO3/c1-20-16-6-4-5-15(11-16)13-19-10-9-14-7-8-17(21-2)18(12-14)22-3/h4-8,11-12,19H,9-10,13H2,1-3H3. The van der Waals surface area contributed by atoms with E-state index < -0.39 is 0 Å². The van der Waals surface area contributed by atoms with Crippen molar-refractivity contribution in [3.05, 3.63) is 53.6 Å². The van der Waals surface area contributed by atoms with E-state index in [0.717, 1.165) is 36.8 Å². The highest BCUT2D eigenvalue weighted by Crippen LogP contribution is 2.27. The lowest BCUT2D eigenvalue weighted by Gasteiger charge is -2.10. The fraction of sp³-hybridized carbons (Fsp3) is 0.333. The van der Waals surface area contributed by atoms with Gasteiger partial charge in [0.05, 0.1) is 21.3 Å². The SMILES string of the molecule is COc1cccc(CNCCc2ccc(OC)c(OC)c2)c1. The molecule has 0 radical (unpaired) electrons. The molecule has 0 heterocycles. The van der Waals surface area contributed by atoms with Gasteiger partial charge >= 0.3 is 0 Å². The normalized spacial score (nSPS) is 10.3. The second kappa shape index (κ2) is 8.29. The molecule has 0 aromatic heterocycles. The lowest BCUT2D eigenvalue weighted by atomic mass is 10.1. The zero-order valence-electron chi connectivity index (χ0n) is 13.4. The van der Waals surface area contributed by atoms with E-state index in [1.54, 1.807) is 21.3 Å². The molecule has 0 fully saturated rings. The van der Waals surface area contributed by atoms with Crippen molar-refractivity contribution < 1.29 is 14.2 Å². The van der Waals surface area contributed by atoms with E-state index in [-0.39, 0.29) is 0 Å². The van der Waals surface area contributed by atoms with Gasteiger partial charge in [0.15, 0.2) is 11.5 Å². The molecule has 0 bridgehead atoms. The first-order chi connectivity index (χ1) is 10.8. The molecule has 2 rings (SSSR count). The Morgan fingerprint density at radius 1 is 0.818 bits per heavy atom. The predicted octanol–water partition coefficient (Wildman–Crippen LogP) is 3.04. The molecule has 4 heteroatoms. The third-order valence-corrected chi connectivity index (χ3v) is 3.50. The molecule has 118 valence electrons. The van der Waals surface area contributed by atoms with Gasteiger partial charge in [-0.3, -0.25) is 0 Å². The van der Waals surface area contributed by atoms with Crippen molar-refractivity contribution in [2.45, 2.75) is 13.0 Å². The molecular weight excluding hydrogens is 278 g/mol. The molecular formula is C18H23NO3. The number of ether oxygens (including phenoxy) is 3. The van der Waals surface area contributed by atoms with Crippen LogP contribution in [-0.4, -0.2) is 27.9 Å². The third kappa shape index (κ3) is 4.40. The van der Waals surface area contributed by atoms with Crippen LogP contribution in [0.25, 0.3) is 0 Å². The Bertz CT molecular complexity index is 599. The number of benzene rings is 2. The van der Waals surface area contributed by atoms with Gasteiger partial charge in [0.1, 0.15) is 5.75 Å². The van der Waals surface area contributed by atoms with Gasteiger partial charge in [-0.1, -0.05) is 18.2 Å². The first kappa shape index (κ1) is 16.2. The average Bonchev–Trinajstić information content (AvgIpc) is 2.58. The second-order valence-corrected chi connectivity index (χ2v) is 4.97. The van der Waals surface area contributed by atoms with Crippen molar-refractivity contribution in [3.63, 3.8) is 0 Å². The minimum atomic E-state index is 0.760. The second-order valence-electron chi connectivity index (χ2n) is 4.97. The zero-order valence-corrected chi connectivity index (χ0v) is 13.4. The largest absolute Gasteiger partial charge is 0.497 e. The Labute approximate surface area is 132 Å². The number of hydrogen-bond acceptors (Lipinski definition) is 4. The molecule has 0 unspecified atom stereocenters. The van der Waals surface area contributed by atoms with Gasteiger partial charge in [0.25, 0.3) is 0 Å². The number of hydrogen-bond donors (Lipinski definition) is 1.